The van der Waals surface area contributed by atoms with E-state index < -0.39 is 0 Å². The van der Waals surface area contributed by atoms with Gasteiger partial charge >= 0.3 is 6.03 Å². The number of nitrogens with zero attached hydrogens (tertiary/aromatic N) is 2. The van der Waals surface area contributed by atoms with Gasteiger partial charge in [0.05, 0.1) is 15.7 Å². The van der Waals surface area contributed by atoms with E-state index in [4.69, 9.17) is 23.2 Å². The minimum absolute atomic E-state index is 0.125. The quantitative estimate of drug-likeness (QED) is 0.911. The number of piperazine rings is 1. The summed E-state index contributed by atoms with van der Waals surface area (Å²) in [6, 6.07) is 5.08. The highest BCUT2D eigenvalue weighted by atomic mass is 35.5. The summed E-state index contributed by atoms with van der Waals surface area (Å²) < 4.78 is 0. The molecule has 0 atom stereocenters. The average Bonchev–Trinajstić information content (AvgIpc) is 2.44. The van der Waals surface area contributed by atoms with E-state index in [1.54, 1.807) is 23.1 Å². The zero-order valence-corrected chi connectivity index (χ0v) is 12.3. The van der Waals surface area contributed by atoms with Gasteiger partial charge in [-0.25, -0.2) is 4.79 Å². The van der Waals surface area contributed by atoms with E-state index in [2.05, 4.69) is 17.1 Å². The molecule has 2 rings (SSSR count). The first-order valence-corrected chi connectivity index (χ1v) is 7.09. The summed E-state index contributed by atoms with van der Waals surface area (Å²) in [5, 5.41) is 3.63. The second-order valence-corrected chi connectivity index (χ2v) is 5.24. The SMILES string of the molecule is CCN1CCN(C(=O)Nc2cccc(Cl)c2Cl)CC1. The van der Waals surface area contributed by atoms with E-state index in [0.717, 1.165) is 32.7 Å². The van der Waals surface area contributed by atoms with Gasteiger partial charge in [-0.2, -0.15) is 0 Å². The monoisotopic (exact) mass is 301 g/mol. The van der Waals surface area contributed by atoms with Crippen molar-refractivity contribution in [2.75, 3.05) is 38.0 Å². The van der Waals surface area contributed by atoms with Gasteiger partial charge in [0.15, 0.2) is 0 Å². The van der Waals surface area contributed by atoms with Gasteiger partial charge in [0.2, 0.25) is 0 Å². The molecule has 1 aliphatic heterocycles. The molecular formula is C13H17Cl2N3O. The largest absolute Gasteiger partial charge is 0.322 e. The van der Waals surface area contributed by atoms with Crippen LogP contribution in [-0.4, -0.2) is 48.6 Å². The maximum Gasteiger partial charge on any atom is 0.321 e. The van der Waals surface area contributed by atoms with Crippen LogP contribution in [0.15, 0.2) is 18.2 Å². The van der Waals surface area contributed by atoms with Crippen LogP contribution < -0.4 is 5.32 Å². The molecular weight excluding hydrogens is 285 g/mol. The number of hydrogen-bond donors (Lipinski definition) is 1. The fraction of sp³-hybridized carbons (Fsp3) is 0.462. The molecule has 19 heavy (non-hydrogen) atoms. The molecule has 104 valence electrons. The number of halogens is 2. The summed E-state index contributed by atoms with van der Waals surface area (Å²) in [4.78, 5) is 16.2. The summed E-state index contributed by atoms with van der Waals surface area (Å²) >= 11 is 12.0. The highest BCUT2D eigenvalue weighted by Crippen LogP contribution is 2.29. The van der Waals surface area contributed by atoms with Crippen molar-refractivity contribution in [3.05, 3.63) is 28.2 Å². The highest BCUT2D eigenvalue weighted by molar-refractivity contribution is 6.43. The Morgan fingerprint density at radius 2 is 1.95 bits per heavy atom. The average molecular weight is 302 g/mol. The molecule has 1 saturated heterocycles. The number of nitrogens with one attached hydrogen (secondary N) is 1. The Morgan fingerprint density at radius 3 is 2.58 bits per heavy atom. The van der Waals surface area contributed by atoms with E-state index in [1.165, 1.54) is 0 Å². The number of benzene rings is 1. The van der Waals surface area contributed by atoms with Crippen LogP contribution in [0.4, 0.5) is 10.5 Å². The maximum absolute atomic E-state index is 12.1. The Balaban J connectivity index is 1.96. The van der Waals surface area contributed by atoms with Gasteiger partial charge in [0.1, 0.15) is 0 Å². The zero-order valence-electron chi connectivity index (χ0n) is 10.8. The van der Waals surface area contributed by atoms with E-state index in [1.807, 2.05) is 0 Å². The van der Waals surface area contributed by atoms with Crippen molar-refractivity contribution < 1.29 is 4.79 Å². The first-order chi connectivity index (χ1) is 9.11. The molecule has 1 aliphatic rings. The van der Waals surface area contributed by atoms with E-state index in [0.29, 0.717) is 15.7 Å². The number of carbonyl (C=O) groups is 1. The fourth-order valence-corrected chi connectivity index (χ4v) is 2.41. The zero-order chi connectivity index (χ0) is 13.8. The minimum atomic E-state index is -0.125. The standard InChI is InChI=1S/C13H17Cl2N3O/c1-2-17-6-8-18(9-7-17)13(19)16-11-5-3-4-10(14)12(11)15/h3-5H,2,6-9H2,1H3,(H,16,19). The molecule has 2 amide bonds. The number of hydrogen-bond acceptors (Lipinski definition) is 2. The van der Waals surface area contributed by atoms with Crippen LogP contribution in [0.3, 0.4) is 0 Å². The summed E-state index contributed by atoms with van der Waals surface area (Å²) in [5.74, 6) is 0. The van der Waals surface area contributed by atoms with Crippen LogP contribution in [0, 0.1) is 0 Å². The summed E-state index contributed by atoms with van der Waals surface area (Å²) in [6.45, 7) is 6.44. The molecule has 0 aromatic heterocycles. The molecule has 0 radical (unpaired) electrons. The van der Waals surface area contributed by atoms with Crippen molar-refractivity contribution in [1.29, 1.82) is 0 Å². The fourth-order valence-electron chi connectivity index (χ4n) is 2.06. The van der Waals surface area contributed by atoms with Crippen molar-refractivity contribution in [3.8, 4) is 0 Å². The molecule has 1 aromatic carbocycles. The van der Waals surface area contributed by atoms with Gasteiger partial charge in [-0.3, -0.25) is 0 Å². The van der Waals surface area contributed by atoms with E-state index >= 15 is 0 Å². The first kappa shape index (κ1) is 14.4. The molecule has 4 nitrogen and oxygen atoms in total. The molecule has 0 bridgehead atoms. The van der Waals surface area contributed by atoms with Crippen LogP contribution >= 0.6 is 23.2 Å². The van der Waals surface area contributed by atoms with Crippen LogP contribution in [0.2, 0.25) is 10.0 Å². The number of amides is 2. The first-order valence-electron chi connectivity index (χ1n) is 6.34. The van der Waals surface area contributed by atoms with Crippen LogP contribution in [0.25, 0.3) is 0 Å². The molecule has 1 aromatic rings. The summed E-state index contributed by atoms with van der Waals surface area (Å²) in [5.41, 5.74) is 0.553. The lowest BCUT2D eigenvalue weighted by molar-refractivity contribution is 0.151. The number of likely N-dealkylation sites (N-methyl/N-ethyl adjacent to an activating group) is 1. The Bertz CT molecular complexity index is 459. The lowest BCUT2D eigenvalue weighted by atomic mass is 10.3. The predicted molar refractivity (Wildman–Crippen MR) is 79.2 cm³/mol. The van der Waals surface area contributed by atoms with Gasteiger partial charge in [-0.1, -0.05) is 36.2 Å². The third kappa shape index (κ3) is 3.53. The smallest absolute Gasteiger partial charge is 0.321 e. The van der Waals surface area contributed by atoms with Crippen molar-refractivity contribution in [2.24, 2.45) is 0 Å². The lowest BCUT2D eigenvalue weighted by Gasteiger charge is -2.34. The lowest BCUT2D eigenvalue weighted by Crippen LogP contribution is -2.49. The molecule has 1 heterocycles. The number of urea groups is 1. The van der Waals surface area contributed by atoms with E-state index in [9.17, 15) is 4.79 Å². The molecule has 0 spiro atoms. The molecule has 0 unspecified atom stereocenters. The van der Waals surface area contributed by atoms with Gasteiger partial charge in [-0.15, -0.1) is 0 Å². The van der Waals surface area contributed by atoms with Gasteiger partial charge in [0, 0.05) is 26.2 Å². The number of anilines is 1. The summed E-state index contributed by atoms with van der Waals surface area (Å²) in [6.07, 6.45) is 0. The second kappa shape index (κ2) is 6.46. The second-order valence-electron chi connectivity index (χ2n) is 4.45. The van der Waals surface area contributed by atoms with E-state index in [-0.39, 0.29) is 6.03 Å². The number of rotatable bonds is 2. The van der Waals surface area contributed by atoms with Gasteiger partial charge < -0.3 is 15.1 Å². The van der Waals surface area contributed by atoms with Crippen LogP contribution in [0.5, 0.6) is 0 Å². The Morgan fingerprint density at radius 1 is 1.26 bits per heavy atom. The molecule has 0 saturated carbocycles. The topological polar surface area (TPSA) is 35.6 Å². The Hall–Kier alpha value is -0.970. The summed E-state index contributed by atoms with van der Waals surface area (Å²) in [7, 11) is 0. The van der Waals surface area contributed by atoms with Crippen LogP contribution in [-0.2, 0) is 0 Å². The molecule has 1 fully saturated rings. The number of carbonyl (C=O) groups excluding carboxylic acids is 1. The van der Waals surface area contributed by atoms with Crippen molar-refractivity contribution in [2.45, 2.75) is 6.92 Å². The Kier molecular flexibility index (Phi) is 4.91. The normalized spacial score (nSPS) is 16.5. The van der Waals surface area contributed by atoms with Crippen molar-refractivity contribution >= 4 is 34.9 Å². The highest BCUT2D eigenvalue weighted by Gasteiger charge is 2.20. The van der Waals surface area contributed by atoms with Crippen molar-refractivity contribution in [3.63, 3.8) is 0 Å². The molecule has 6 heteroatoms. The molecule has 1 N–H and O–H groups in total. The Labute approximate surface area is 123 Å². The third-order valence-corrected chi connectivity index (χ3v) is 4.12. The van der Waals surface area contributed by atoms with Crippen molar-refractivity contribution in [1.82, 2.24) is 9.80 Å². The van der Waals surface area contributed by atoms with Crippen LogP contribution in [0.1, 0.15) is 6.92 Å². The molecule has 0 aliphatic carbocycles. The predicted octanol–water partition coefficient (Wildman–Crippen LogP) is 3.16. The van der Waals surface area contributed by atoms with Gasteiger partial charge in [-0.05, 0) is 18.7 Å². The maximum atomic E-state index is 12.1. The van der Waals surface area contributed by atoms with Gasteiger partial charge in [0.25, 0.3) is 0 Å². The third-order valence-electron chi connectivity index (χ3n) is 3.30. The minimum Gasteiger partial charge on any atom is -0.322 e.